The van der Waals surface area contributed by atoms with E-state index in [0.717, 1.165) is 12.1 Å². The topological polar surface area (TPSA) is 85.1 Å². The highest BCUT2D eigenvalue weighted by molar-refractivity contribution is 9.10. The number of nitrogens with one attached hydrogen (secondary N) is 1. The lowest BCUT2D eigenvalue weighted by Gasteiger charge is -2.07. The Balaban J connectivity index is 2.04. The van der Waals surface area contributed by atoms with Crippen LogP contribution in [-0.2, 0) is 16.4 Å². The number of rotatable bonds is 5. The molecule has 0 saturated carbocycles. The van der Waals surface area contributed by atoms with Crippen molar-refractivity contribution in [2.45, 2.75) is 18.2 Å². The van der Waals surface area contributed by atoms with Crippen LogP contribution in [0.1, 0.15) is 11.7 Å². The van der Waals surface area contributed by atoms with Gasteiger partial charge in [0.15, 0.2) is 5.82 Å². The van der Waals surface area contributed by atoms with E-state index in [0.29, 0.717) is 11.7 Å². The molecule has 2 aromatic rings. The number of halogens is 2. The third-order valence-electron chi connectivity index (χ3n) is 2.38. The van der Waals surface area contributed by atoms with E-state index in [1.165, 1.54) is 6.07 Å². The highest BCUT2D eigenvalue weighted by Gasteiger charge is 2.18. The van der Waals surface area contributed by atoms with Gasteiger partial charge in [-0.1, -0.05) is 5.16 Å². The standard InChI is InChI=1S/C11H11BrFN3O3S/c1-7-15-11(19-16-7)4-5-14-20(17,18)10-3-2-8(13)6-9(10)12/h2-3,6,14H,4-5H2,1H3. The summed E-state index contributed by atoms with van der Waals surface area (Å²) in [4.78, 5) is 3.93. The summed E-state index contributed by atoms with van der Waals surface area (Å²) in [6.45, 7) is 1.78. The first-order valence-electron chi connectivity index (χ1n) is 5.62. The Morgan fingerprint density at radius 2 is 2.20 bits per heavy atom. The van der Waals surface area contributed by atoms with Gasteiger partial charge < -0.3 is 4.52 Å². The van der Waals surface area contributed by atoms with Gasteiger partial charge in [0.25, 0.3) is 0 Å². The largest absolute Gasteiger partial charge is 0.339 e. The molecule has 0 atom stereocenters. The zero-order chi connectivity index (χ0) is 14.8. The minimum atomic E-state index is -3.72. The van der Waals surface area contributed by atoms with Crippen molar-refractivity contribution in [3.63, 3.8) is 0 Å². The molecular weight excluding hydrogens is 353 g/mol. The quantitative estimate of drug-likeness (QED) is 0.875. The van der Waals surface area contributed by atoms with E-state index in [2.05, 4.69) is 30.8 Å². The second-order valence-electron chi connectivity index (χ2n) is 3.96. The fourth-order valence-corrected chi connectivity index (χ4v) is 3.58. The Bertz CT molecular complexity index is 717. The second-order valence-corrected chi connectivity index (χ2v) is 6.55. The molecule has 0 amide bonds. The van der Waals surface area contributed by atoms with Crippen molar-refractivity contribution < 1.29 is 17.3 Å². The molecule has 0 aliphatic heterocycles. The number of sulfonamides is 1. The van der Waals surface area contributed by atoms with E-state index in [4.69, 9.17) is 4.52 Å². The van der Waals surface area contributed by atoms with Crippen LogP contribution in [0.4, 0.5) is 4.39 Å². The third kappa shape index (κ3) is 3.62. The van der Waals surface area contributed by atoms with Crippen molar-refractivity contribution in [2.75, 3.05) is 6.54 Å². The summed E-state index contributed by atoms with van der Waals surface area (Å²) in [5.41, 5.74) is 0. The summed E-state index contributed by atoms with van der Waals surface area (Å²) in [6.07, 6.45) is 0.277. The van der Waals surface area contributed by atoms with E-state index in [1.54, 1.807) is 6.92 Å². The second kappa shape index (κ2) is 5.98. The fourth-order valence-electron chi connectivity index (χ4n) is 1.50. The van der Waals surface area contributed by atoms with Crippen LogP contribution in [0.25, 0.3) is 0 Å². The molecule has 0 radical (unpaired) electrons. The molecule has 0 unspecified atom stereocenters. The first-order valence-corrected chi connectivity index (χ1v) is 7.90. The van der Waals surface area contributed by atoms with Gasteiger partial charge in [-0.3, -0.25) is 0 Å². The van der Waals surface area contributed by atoms with Crippen molar-refractivity contribution in [2.24, 2.45) is 0 Å². The minimum Gasteiger partial charge on any atom is -0.339 e. The Morgan fingerprint density at radius 3 is 2.80 bits per heavy atom. The highest BCUT2D eigenvalue weighted by Crippen LogP contribution is 2.22. The molecule has 1 N–H and O–H groups in total. The van der Waals surface area contributed by atoms with Gasteiger partial charge in [0.2, 0.25) is 15.9 Å². The van der Waals surface area contributed by atoms with Gasteiger partial charge >= 0.3 is 0 Å². The maximum atomic E-state index is 12.9. The molecule has 1 aromatic carbocycles. The summed E-state index contributed by atoms with van der Waals surface area (Å²) >= 11 is 3.02. The fraction of sp³-hybridized carbons (Fsp3) is 0.273. The Kier molecular flexibility index (Phi) is 4.51. The van der Waals surface area contributed by atoms with Crippen molar-refractivity contribution in [3.05, 3.63) is 40.2 Å². The van der Waals surface area contributed by atoms with Crippen LogP contribution in [0.3, 0.4) is 0 Å². The molecule has 0 aliphatic rings. The molecule has 20 heavy (non-hydrogen) atoms. The Hall–Kier alpha value is -1.32. The molecule has 108 valence electrons. The maximum Gasteiger partial charge on any atom is 0.241 e. The zero-order valence-corrected chi connectivity index (χ0v) is 12.8. The van der Waals surface area contributed by atoms with Gasteiger partial charge in [0.05, 0.1) is 4.90 Å². The predicted octanol–water partition coefficient (Wildman–Crippen LogP) is 1.80. The predicted molar refractivity (Wildman–Crippen MR) is 72.0 cm³/mol. The van der Waals surface area contributed by atoms with Gasteiger partial charge in [-0.25, -0.2) is 17.5 Å². The molecule has 0 aliphatic carbocycles. The van der Waals surface area contributed by atoms with Crippen molar-refractivity contribution in [1.29, 1.82) is 0 Å². The molecule has 0 saturated heterocycles. The molecule has 0 bridgehead atoms. The van der Waals surface area contributed by atoms with Gasteiger partial charge in [-0.15, -0.1) is 0 Å². The Labute approximate surface area is 123 Å². The number of benzene rings is 1. The van der Waals surface area contributed by atoms with E-state index >= 15 is 0 Å². The monoisotopic (exact) mass is 363 g/mol. The number of nitrogens with zero attached hydrogens (tertiary/aromatic N) is 2. The number of aromatic nitrogens is 2. The van der Waals surface area contributed by atoms with Crippen LogP contribution in [0.5, 0.6) is 0 Å². The lowest BCUT2D eigenvalue weighted by atomic mass is 10.3. The van der Waals surface area contributed by atoms with Gasteiger partial charge in [0.1, 0.15) is 5.82 Å². The third-order valence-corrected chi connectivity index (χ3v) is 4.82. The van der Waals surface area contributed by atoms with Gasteiger partial charge in [-0.2, -0.15) is 4.98 Å². The van der Waals surface area contributed by atoms with Crippen molar-refractivity contribution >= 4 is 26.0 Å². The molecule has 6 nitrogen and oxygen atoms in total. The van der Waals surface area contributed by atoms with Gasteiger partial charge in [0, 0.05) is 17.4 Å². The number of aryl methyl sites for hydroxylation is 1. The van der Waals surface area contributed by atoms with E-state index in [9.17, 15) is 12.8 Å². The van der Waals surface area contributed by atoms with Crippen molar-refractivity contribution in [3.8, 4) is 0 Å². The SMILES string of the molecule is Cc1noc(CCNS(=O)(=O)c2ccc(F)cc2Br)n1. The molecule has 9 heteroatoms. The first-order chi connectivity index (χ1) is 9.38. The summed E-state index contributed by atoms with van der Waals surface area (Å²) in [5.74, 6) is 0.324. The van der Waals surface area contributed by atoms with Crippen LogP contribution in [0, 0.1) is 12.7 Å². The van der Waals surface area contributed by atoms with Crippen LogP contribution in [0.2, 0.25) is 0 Å². The number of hydrogen-bond donors (Lipinski definition) is 1. The van der Waals surface area contributed by atoms with Gasteiger partial charge in [-0.05, 0) is 41.1 Å². The lowest BCUT2D eigenvalue weighted by molar-refractivity contribution is 0.375. The summed E-state index contributed by atoms with van der Waals surface area (Å²) < 4.78 is 44.4. The van der Waals surface area contributed by atoms with E-state index in [-0.39, 0.29) is 22.3 Å². The molecule has 1 heterocycles. The lowest BCUT2D eigenvalue weighted by Crippen LogP contribution is -2.26. The average molecular weight is 364 g/mol. The van der Waals surface area contributed by atoms with E-state index < -0.39 is 15.8 Å². The number of hydrogen-bond acceptors (Lipinski definition) is 5. The van der Waals surface area contributed by atoms with E-state index in [1.807, 2.05) is 0 Å². The molecule has 2 rings (SSSR count). The van der Waals surface area contributed by atoms with Crippen LogP contribution in [0.15, 0.2) is 32.1 Å². The zero-order valence-electron chi connectivity index (χ0n) is 10.4. The highest BCUT2D eigenvalue weighted by atomic mass is 79.9. The van der Waals surface area contributed by atoms with Crippen molar-refractivity contribution in [1.82, 2.24) is 14.9 Å². The van der Waals surface area contributed by atoms with Crippen LogP contribution < -0.4 is 4.72 Å². The first kappa shape index (κ1) is 15.1. The Morgan fingerprint density at radius 1 is 1.45 bits per heavy atom. The smallest absolute Gasteiger partial charge is 0.241 e. The molecule has 1 aromatic heterocycles. The molecule has 0 spiro atoms. The minimum absolute atomic E-state index is 0.0272. The van der Waals surface area contributed by atoms with Crippen LogP contribution >= 0.6 is 15.9 Å². The normalized spacial score (nSPS) is 11.8. The maximum absolute atomic E-state index is 12.9. The summed E-state index contributed by atoms with van der Waals surface area (Å²) in [6, 6.07) is 3.37. The molecular formula is C11H11BrFN3O3S. The average Bonchev–Trinajstić information content (AvgIpc) is 2.74. The molecule has 0 fully saturated rings. The summed E-state index contributed by atoms with van der Waals surface area (Å²) in [5, 5.41) is 3.60. The van der Waals surface area contributed by atoms with Crippen LogP contribution in [-0.4, -0.2) is 25.1 Å². The summed E-state index contributed by atoms with van der Waals surface area (Å²) in [7, 11) is -3.72.